The molecule has 0 spiro atoms. The van der Waals surface area contributed by atoms with E-state index in [0.717, 1.165) is 5.56 Å². The van der Waals surface area contributed by atoms with E-state index >= 15 is 0 Å². The summed E-state index contributed by atoms with van der Waals surface area (Å²) in [5.74, 6) is -0.668. The summed E-state index contributed by atoms with van der Waals surface area (Å²) in [7, 11) is -2.66. The van der Waals surface area contributed by atoms with E-state index < -0.39 is 33.7 Å². The summed E-state index contributed by atoms with van der Waals surface area (Å²) < 4.78 is 38.0. The molecule has 176 valence electrons. The molecule has 0 aliphatic rings. The van der Waals surface area contributed by atoms with Gasteiger partial charge in [-0.05, 0) is 51.5 Å². The molecule has 0 saturated carbocycles. The highest BCUT2D eigenvalue weighted by molar-refractivity contribution is 7.90. The minimum atomic E-state index is -3.88. The van der Waals surface area contributed by atoms with E-state index in [0.29, 0.717) is 16.5 Å². The zero-order chi connectivity index (χ0) is 24.4. The maximum absolute atomic E-state index is 13.4. The number of nitrogens with one attached hydrogen (secondary N) is 1. The van der Waals surface area contributed by atoms with Gasteiger partial charge in [0.15, 0.2) is 0 Å². The van der Waals surface area contributed by atoms with Gasteiger partial charge in [-0.1, -0.05) is 35.9 Å². The number of para-hydroxylation sites is 1. The lowest BCUT2D eigenvalue weighted by atomic mass is 10.1. The number of benzene rings is 2. The Balaban J connectivity index is 2.02. The number of rotatable bonds is 6. The predicted octanol–water partition coefficient (Wildman–Crippen LogP) is 3.80. The Hall–Kier alpha value is -3.33. The highest BCUT2D eigenvalue weighted by Crippen LogP contribution is 2.27. The molecule has 33 heavy (non-hydrogen) atoms. The number of esters is 1. The number of alkyl carbamates (subject to hydrolysis) is 1. The SMILES string of the molecule is COC(=O)C(Cc1cn(S(=O)(=O)c2ccc(C)cc2)c2ccccc12)NC(=O)OC(C)(C)C. The van der Waals surface area contributed by atoms with E-state index in [2.05, 4.69) is 5.32 Å². The summed E-state index contributed by atoms with van der Waals surface area (Å²) >= 11 is 0. The Morgan fingerprint density at radius 1 is 1.06 bits per heavy atom. The number of ether oxygens (including phenoxy) is 2. The van der Waals surface area contributed by atoms with Gasteiger partial charge in [0.25, 0.3) is 10.0 Å². The molecule has 0 aliphatic carbocycles. The van der Waals surface area contributed by atoms with Gasteiger partial charge in [0.05, 0.1) is 17.5 Å². The Labute approximate surface area is 193 Å². The fourth-order valence-corrected chi connectivity index (χ4v) is 4.80. The number of carbonyl (C=O) groups excluding carboxylic acids is 2. The summed E-state index contributed by atoms with van der Waals surface area (Å²) in [6, 6.07) is 12.5. The van der Waals surface area contributed by atoms with E-state index in [1.54, 1.807) is 69.3 Å². The van der Waals surface area contributed by atoms with Gasteiger partial charge in [-0.15, -0.1) is 0 Å². The van der Waals surface area contributed by atoms with Crippen LogP contribution < -0.4 is 5.32 Å². The molecule has 0 fully saturated rings. The average molecular weight is 473 g/mol. The molecule has 2 aromatic carbocycles. The zero-order valence-corrected chi connectivity index (χ0v) is 20.1. The molecule has 3 aromatic rings. The Morgan fingerprint density at radius 2 is 1.70 bits per heavy atom. The minimum Gasteiger partial charge on any atom is -0.467 e. The van der Waals surface area contributed by atoms with Crippen LogP contribution in [0.3, 0.4) is 0 Å². The summed E-state index contributed by atoms with van der Waals surface area (Å²) in [4.78, 5) is 24.8. The van der Waals surface area contributed by atoms with E-state index in [1.807, 2.05) is 6.92 Å². The van der Waals surface area contributed by atoms with Crippen LogP contribution in [0.15, 0.2) is 59.6 Å². The molecule has 3 rings (SSSR count). The van der Waals surface area contributed by atoms with E-state index in [9.17, 15) is 18.0 Å². The van der Waals surface area contributed by atoms with Crippen molar-refractivity contribution in [1.29, 1.82) is 0 Å². The molecule has 1 amide bonds. The topological polar surface area (TPSA) is 104 Å². The second-order valence-corrected chi connectivity index (χ2v) is 10.5. The Kier molecular flexibility index (Phi) is 6.83. The fraction of sp³-hybridized carbons (Fsp3) is 0.333. The van der Waals surface area contributed by atoms with E-state index in [4.69, 9.17) is 9.47 Å². The number of nitrogens with zero attached hydrogens (tertiary/aromatic N) is 1. The predicted molar refractivity (Wildman–Crippen MR) is 125 cm³/mol. The van der Waals surface area contributed by atoms with Gasteiger partial charge in [0.1, 0.15) is 11.6 Å². The fourth-order valence-electron chi connectivity index (χ4n) is 3.41. The lowest BCUT2D eigenvalue weighted by molar-refractivity contribution is -0.143. The lowest BCUT2D eigenvalue weighted by Crippen LogP contribution is -2.45. The van der Waals surface area contributed by atoms with Gasteiger partial charge in [0.2, 0.25) is 0 Å². The zero-order valence-electron chi connectivity index (χ0n) is 19.3. The first kappa shape index (κ1) is 24.3. The molecule has 1 N–H and O–H groups in total. The van der Waals surface area contributed by atoms with Crippen LogP contribution in [0.2, 0.25) is 0 Å². The summed E-state index contributed by atoms with van der Waals surface area (Å²) in [6.45, 7) is 7.01. The van der Waals surface area contributed by atoms with Crippen molar-refractivity contribution in [2.75, 3.05) is 7.11 Å². The van der Waals surface area contributed by atoms with Gasteiger partial charge in [-0.25, -0.2) is 22.0 Å². The van der Waals surface area contributed by atoms with Crippen LogP contribution in [-0.4, -0.2) is 43.2 Å². The van der Waals surface area contributed by atoms with Crippen LogP contribution in [0, 0.1) is 6.92 Å². The number of methoxy groups -OCH3 is 1. The molecule has 1 heterocycles. The van der Waals surface area contributed by atoms with Crippen molar-refractivity contribution in [3.05, 3.63) is 65.9 Å². The molecule has 0 saturated heterocycles. The molecule has 9 heteroatoms. The van der Waals surface area contributed by atoms with Crippen molar-refractivity contribution in [3.8, 4) is 0 Å². The molecule has 8 nitrogen and oxygen atoms in total. The average Bonchev–Trinajstić information content (AvgIpc) is 3.11. The molecule has 1 unspecified atom stereocenters. The monoisotopic (exact) mass is 472 g/mol. The van der Waals surface area contributed by atoms with Gasteiger partial charge in [0, 0.05) is 18.0 Å². The van der Waals surface area contributed by atoms with Gasteiger partial charge in [-0.3, -0.25) is 0 Å². The first-order valence-corrected chi connectivity index (χ1v) is 11.8. The van der Waals surface area contributed by atoms with E-state index in [1.165, 1.54) is 17.3 Å². The van der Waals surface area contributed by atoms with Crippen molar-refractivity contribution in [2.24, 2.45) is 0 Å². The van der Waals surface area contributed by atoms with Crippen LogP contribution in [0.1, 0.15) is 31.9 Å². The van der Waals surface area contributed by atoms with Crippen molar-refractivity contribution >= 4 is 33.0 Å². The second kappa shape index (κ2) is 9.27. The van der Waals surface area contributed by atoms with Crippen molar-refractivity contribution in [3.63, 3.8) is 0 Å². The number of fused-ring (bicyclic) bond motifs is 1. The molecule has 1 atom stereocenters. The van der Waals surface area contributed by atoms with Crippen molar-refractivity contribution < 1.29 is 27.5 Å². The maximum atomic E-state index is 13.4. The largest absolute Gasteiger partial charge is 0.467 e. The Morgan fingerprint density at radius 3 is 2.30 bits per heavy atom. The normalized spacial score (nSPS) is 12.9. The first-order valence-electron chi connectivity index (χ1n) is 10.4. The molecule has 0 radical (unpaired) electrons. The smallest absolute Gasteiger partial charge is 0.408 e. The lowest BCUT2D eigenvalue weighted by Gasteiger charge is -2.22. The molecular formula is C24H28N2O6S. The third kappa shape index (κ3) is 5.54. The first-order chi connectivity index (χ1) is 15.4. The number of aryl methyl sites for hydroxylation is 1. The molecule has 0 aliphatic heterocycles. The summed E-state index contributed by atoms with van der Waals surface area (Å²) in [5, 5.41) is 3.18. The molecule has 0 bridgehead atoms. The number of hydrogen-bond acceptors (Lipinski definition) is 6. The maximum Gasteiger partial charge on any atom is 0.408 e. The second-order valence-electron chi connectivity index (χ2n) is 8.71. The third-order valence-electron chi connectivity index (χ3n) is 4.94. The molecular weight excluding hydrogens is 444 g/mol. The number of aromatic nitrogens is 1. The van der Waals surface area contributed by atoms with Gasteiger partial charge in [-0.2, -0.15) is 0 Å². The van der Waals surface area contributed by atoms with Crippen molar-refractivity contribution in [1.82, 2.24) is 9.29 Å². The van der Waals surface area contributed by atoms with Crippen molar-refractivity contribution in [2.45, 2.75) is 50.7 Å². The van der Waals surface area contributed by atoms with Gasteiger partial charge < -0.3 is 14.8 Å². The highest BCUT2D eigenvalue weighted by atomic mass is 32.2. The van der Waals surface area contributed by atoms with Crippen LogP contribution >= 0.6 is 0 Å². The van der Waals surface area contributed by atoms with Crippen LogP contribution in [0.25, 0.3) is 10.9 Å². The number of carbonyl (C=O) groups is 2. The standard InChI is InChI=1S/C24H28N2O6S/c1-16-10-12-18(13-11-16)33(29,30)26-15-17(19-8-6-7-9-21(19)26)14-20(22(27)31-5)25-23(28)32-24(2,3)4/h6-13,15,20H,14H2,1-5H3,(H,25,28). The van der Waals surface area contributed by atoms with Crippen LogP contribution in [0.5, 0.6) is 0 Å². The highest BCUT2D eigenvalue weighted by Gasteiger charge is 2.28. The quantitative estimate of drug-likeness (QED) is 0.548. The minimum absolute atomic E-state index is 0.0167. The summed E-state index contributed by atoms with van der Waals surface area (Å²) in [5.41, 5.74) is 1.23. The van der Waals surface area contributed by atoms with Crippen LogP contribution in [-0.2, 0) is 30.7 Å². The third-order valence-corrected chi connectivity index (χ3v) is 6.63. The van der Waals surface area contributed by atoms with Crippen LogP contribution in [0.4, 0.5) is 4.79 Å². The number of hydrogen-bond donors (Lipinski definition) is 1. The molecule has 1 aromatic heterocycles. The van der Waals surface area contributed by atoms with E-state index in [-0.39, 0.29) is 11.3 Å². The number of amides is 1. The Bertz CT molecular complexity index is 1270. The summed E-state index contributed by atoms with van der Waals surface area (Å²) in [6.07, 6.45) is 0.726. The van der Waals surface area contributed by atoms with Gasteiger partial charge >= 0.3 is 12.1 Å².